The van der Waals surface area contributed by atoms with Gasteiger partial charge in [0.05, 0.1) is 4.90 Å². The molecule has 2 unspecified atom stereocenters. The van der Waals surface area contributed by atoms with Gasteiger partial charge in [-0.15, -0.1) is 12.4 Å². The van der Waals surface area contributed by atoms with Crippen molar-refractivity contribution in [2.45, 2.75) is 36.6 Å². The first-order valence-electron chi connectivity index (χ1n) is 6.61. The normalized spacial score (nSPS) is 22.6. The van der Waals surface area contributed by atoms with Gasteiger partial charge in [0.1, 0.15) is 0 Å². The van der Waals surface area contributed by atoms with E-state index >= 15 is 0 Å². The third kappa shape index (κ3) is 4.35. The van der Waals surface area contributed by atoms with E-state index in [0.29, 0.717) is 19.0 Å². The fraction of sp³-hybridized carbons (Fsp3) is 0.538. The number of sulfonamides is 1. The van der Waals surface area contributed by atoms with Gasteiger partial charge in [0, 0.05) is 6.04 Å². The summed E-state index contributed by atoms with van der Waals surface area (Å²) in [5.74, 6) is -2.16. The second-order valence-corrected chi connectivity index (χ2v) is 6.80. The summed E-state index contributed by atoms with van der Waals surface area (Å²) in [4.78, 5) is -0.266. The highest BCUT2D eigenvalue weighted by atomic mass is 35.5. The van der Waals surface area contributed by atoms with E-state index in [2.05, 4.69) is 4.72 Å². The Bertz CT molecular complexity index is 584. The van der Waals surface area contributed by atoms with E-state index < -0.39 is 21.7 Å². The standard InChI is InChI=1S/C13H18F2N2O2S.ClH/c14-11-6-5-10(7-12(11)15)20(18,19)17-13-4-2-1-3-9(13)8-16;/h5-7,9,13,17H,1-4,8,16H2;1H. The maximum atomic E-state index is 13.1. The summed E-state index contributed by atoms with van der Waals surface area (Å²) in [6.07, 6.45) is 3.55. The van der Waals surface area contributed by atoms with Gasteiger partial charge in [0.15, 0.2) is 11.6 Å². The van der Waals surface area contributed by atoms with E-state index in [4.69, 9.17) is 5.73 Å². The molecule has 21 heavy (non-hydrogen) atoms. The van der Waals surface area contributed by atoms with Crippen LogP contribution in [-0.2, 0) is 10.0 Å². The van der Waals surface area contributed by atoms with Gasteiger partial charge in [-0.2, -0.15) is 0 Å². The largest absolute Gasteiger partial charge is 0.330 e. The Balaban J connectivity index is 0.00000220. The number of hydrogen-bond donors (Lipinski definition) is 2. The van der Waals surface area contributed by atoms with Crippen LogP contribution in [0.3, 0.4) is 0 Å². The quantitative estimate of drug-likeness (QED) is 0.882. The zero-order chi connectivity index (χ0) is 14.8. The molecule has 0 aromatic heterocycles. The fourth-order valence-corrected chi connectivity index (χ4v) is 3.91. The molecule has 0 aliphatic heterocycles. The summed E-state index contributed by atoms with van der Waals surface area (Å²) in [5, 5.41) is 0. The van der Waals surface area contributed by atoms with E-state index in [0.717, 1.165) is 31.4 Å². The first-order chi connectivity index (χ1) is 9.44. The van der Waals surface area contributed by atoms with Crippen LogP contribution in [0.4, 0.5) is 8.78 Å². The number of halogens is 3. The van der Waals surface area contributed by atoms with Gasteiger partial charge in [-0.25, -0.2) is 21.9 Å². The average molecular weight is 341 g/mol. The smallest absolute Gasteiger partial charge is 0.240 e. The molecule has 1 aromatic rings. The van der Waals surface area contributed by atoms with Crippen LogP contribution in [0.25, 0.3) is 0 Å². The fourth-order valence-electron chi connectivity index (χ4n) is 2.56. The number of benzene rings is 1. The molecule has 2 atom stereocenters. The number of nitrogens with one attached hydrogen (secondary N) is 1. The summed E-state index contributed by atoms with van der Waals surface area (Å²) in [5.41, 5.74) is 5.65. The van der Waals surface area contributed by atoms with Crippen LogP contribution in [0.15, 0.2) is 23.1 Å². The zero-order valence-electron chi connectivity index (χ0n) is 11.4. The van der Waals surface area contributed by atoms with Crippen molar-refractivity contribution in [2.75, 3.05) is 6.54 Å². The molecule has 2 rings (SSSR count). The third-order valence-electron chi connectivity index (χ3n) is 3.72. The van der Waals surface area contributed by atoms with Gasteiger partial charge in [0.25, 0.3) is 0 Å². The van der Waals surface area contributed by atoms with Gasteiger partial charge >= 0.3 is 0 Å². The van der Waals surface area contributed by atoms with Crippen LogP contribution in [0.1, 0.15) is 25.7 Å². The van der Waals surface area contributed by atoms with Crippen molar-refractivity contribution in [3.05, 3.63) is 29.8 Å². The topological polar surface area (TPSA) is 72.2 Å². The monoisotopic (exact) mass is 340 g/mol. The molecule has 0 saturated heterocycles. The number of rotatable bonds is 4. The molecule has 3 N–H and O–H groups in total. The van der Waals surface area contributed by atoms with Crippen LogP contribution in [0, 0.1) is 17.6 Å². The van der Waals surface area contributed by atoms with Crippen LogP contribution in [-0.4, -0.2) is 21.0 Å². The number of nitrogens with two attached hydrogens (primary N) is 1. The van der Waals surface area contributed by atoms with E-state index in [1.54, 1.807) is 0 Å². The van der Waals surface area contributed by atoms with Crippen molar-refractivity contribution < 1.29 is 17.2 Å². The molecule has 1 aliphatic carbocycles. The second kappa shape index (κ2) is 7.49. The van der Waals surface area contributed by atoms with Crippen LogP contribution >= 0.6 is 12.4 Å². The van der Waals surface area contributed by atoms with E-state index in [9.17, 15) is 17.2 Å². The maximum absolute atomic E-state index is 13.1. The summed E-state index contributed by atoms with van der Waals surface area (Å²) in [6, 6.07) is 2.32. The molecule has 0 heterocycles. The van der Waals surface area contributed by atoms with Gasteiger partial charge in [0.2, 0.25) is 10.0 Å². The SMILES string of the molecule is Cl.NCC1CCCCC1NS(=O)(=O)c1ccc(F)c(F)c1. The van der Waals surface area contributed by atoms with Crippen molar-refractivity contribution in [3.8, 4) is 0 Å². The first kappa shape index (κ1) is 18.3. The lowest BCUT2D eigenvalue weighted by atomic mass is 9.85. The van der Waals surface area contributed by atoms with Crippen molar-refractivity contribution in [3.63, 3.8) is 0 Å². The van der Waals surface area contributed by atoms with Crippen LogP contribution in [0.5, 0.6) is 0 Å². The highest BCUT2D eigenvalue weighted by Crippen LogP contribution is 2.25. The molecule has 120 valence electrons. The minimum atomic E-state index is -3.85. The lowest BCUT2D eigenvalue weighted by Crippen LogP contribution is -2.44. The molecule has 0 bridgehead atoms. The van der Waals surface area contributed by atoms with E-state index in [1.807, 2.05) is 0 Å². The van der Waals surface area contributed by atoms with Gasteiger partial charge in [-0.1, -0.05) is 12.8 Å². The van der Waals surface area contributed by atoms with Crippen molar-refractivity contribution in [1.29, 1.82) is 0 Å². The zero-order valence-corrected chi connectivity index (χ0v) is 13.0. The minimum Gasteiger partial charge on any atom is -0.330 e. The Morgan fingerprint density at radius 3 is 2.48 bits per heavy atom. The van der Waals surface area contributed by atoms with Gasteiger partial charge < -0.3 is 5.73 Å². The van der Waals surface area contributed by atoms with Gasteiger partial charge in [-0.3, -0.25) is 0 Å². The first-order valence-corrected chi connectivity index (χ1v) is 8.10. The second-order valence-electron chi connectivity index (χ2n) is 5.08. The highest BCUT2D eigenvalue weighted by molar-refractivity contribution is 7.89. The van der Waals surface area contributed by atoms with Gasteiger partial charge in [-0.05, 0) is 43.5 Å². The Labute approximate surface area is 129 Å². The molecule has 1 saturated carbocycles. The van der Waals surface area contributed by atoms with Crippen LogP contribution in [0.2, 0.25) is 0 Å². The summed E-state index contributed by atoms with van der Waals surface area (Å²) >= 11 is 0. The number of hydrogen-bond acceptors (Lipinski definition) is 3. The molecule has 1 aromatic carbocycles. The molecule has 4 nitrogen and oxygen atoms in total. The predicted octanol–water partition coefficient (Wildman–Crippen LogP) is 2.18. The molecule has 1 aliphatic rings. The van der Waals surface area contributed by atoms with Crippen molar-refractivity contribution >= 4 is 22.4 Å². The average Bonchev–Trinajstić information content (AvgIpc) is 2.42. The summed E-state index contributed by atoms with van der Waals surface area (Å²) in [6.45, 7) is 0.408. The van der Waals surface area contributed by atoms with Crippen molar-refractivity contribution in [1.82, 2.24) is 4.72 Å². The Morgan fingerprint density at radius 2 is 1.86 bits per heavy atom. The molecule has 1 fully saturated rings. The third-order valence-corrected chi connectivity index (χ3v) is 5.21. The summed E-state index contributed by atoms with van der Waals surface area (Å²) in [7, 11) is -3.85. The lowest BCUT2D eigenvalue weighted by Gasteiger charge is -2.31. The van der Waals surface area contributed by atoms with E-state index in [1.165, 1.54) is 0 Å². The molecular weight excluding hydrogens is 322 g/mol. The molecular formula is C13H19ClF2N2O2S. The molecule has 0 amide bonds. The molecule has 0 spiro atoms. The summed E-state index contributed by atoms with van der Waals surface area (Å²) < 4.78 is 52.9. The molecule has 8 heteroatoms. The Hall–Kier alpha value is -0.760. The highest BCUT2D eigenvalue weighted by Gasteiger charge is 2.28. The Kier molecular flexibility index (Phi) is 6.52. The molecule has 0 radical (unpaired) electrons. The lowest BCUT2D eigenvalue weighted by molar-refractivity contribution is 0.296. The van der Waals surface area contributed by atoms with E-state index in [-0.39, 0.29) is 29.3 Å². The minimum absolute atomic E-state index is 0. The van der Waals surface area contributed by atoms with Crippen molar-refractivity contribution in [2.24, 2.45) is 11.7 Å². The Morgan fingerprint density at radius 1 is 1.19 bits per heavy atom. The predicted molar refractivity (Wildman–Crippen MR) is 78.7 cm³/mol. The maximum Gasteiger partial charge on any atom is 0.240 e. The van der Waals surface area contributed by atoms with Crippen LogP contribution < -0.4 is 10.5 Å².